The Kier molecular flexibility index (Phi) is 19.0. The Morgan fingerprint density at radius 3 is 1.04 bits per heavy atom. The van der Waals surface area contributed by atoms with Crippen molar-refractivity contribution in [1.29, 1.82) is 0 Å². The molecule has 0 aliphatic heterocycles. The number of hydrogen-bond acceptors (Lipinski definition) is 0. The van der Waals surface area contributed by atoms with Gasteiger partial charge < -0.3 is 34.8 Å². The average Bonchev–Trinajstić information content (AvgIpc) is 2.52. The van der Waals surface area contributed by atoms with Crippen molar-refractivity contribution in [3.05, 3.63) is 81.8 Å². The fourth-order valence-electron chi connectivity index (χ4n) is 1.82. The van der Waals surface area contributed by atoms with Gasteiger partial charge in [0.25, 0.3) is 0 Å². The maximum Gasteiger partial charge on any atom is 4.00 e. The second-order valence-electron chi connectivity index (χ2n) is 7.95. The molecule has 0 aromatic heterocycles. The van der Waals surface area contributed by atoms with E-state index < -0.39 is 16.5 Å². The zero-order chi connectivity index (χ0) is 18.1. The number of nitrogens with zero attached hydrogens (tertiary/aromatic N) is 2. The van der Waals surface area contributed by atoms with Crippen LogP contribution in [0, 0.1) is 0 Å². The first-order chi connectivity index (χ1) is 11.2. The maximum atomic E-state index is 4.67. The quantitative estimate of drug-likeness (QED) is 0.506. The molecule has 7 heteroatoms. The van der Waals surface area contributed by atoms with Gasteiger partial charge in [-0.1, -0.05) is 128 Å². The number of halogens is 2. The third-order valence-corrected chi connectivity index (χ3v) is 5.37. The molecule has 0 radical (unpaired) electrons. The second kappa shape index (κ2) is 16.1. The molecule has 0 aliphatic carbocycles. The van der Waals surface area contributed by atoms with Crippen molar-refractivity contribution >= 4 is 16.5 Å². The summed E-state index contributed by atoms with van der Waals surface area (Å²) in [5.74, 6) is 0. The molecule has 2 nitrogen and oxygen atoms in total. The minimum Gasteiger partial charge on any atom is -1.00 e. The largest absolute Gasteiger partial charge is 4.00 e. The molecule has 0 saturated carbocycles. The van der Waals surface area contributed by atoms with Crippen LogP contribution in [0.4, 0.5) is 0 Å². The number of hydrogen-bond donors (Lipinski definition) is 0. The second-order valence-corrected chi connectivity index (χ2v) is 17.3. The predicted octanol–water partition coefficient (Wildman–Crippen LogP) is 0.796. The van der Waals surface area contributed by atoms with Crippen LogP contribution in [0.15, 0.2) is 60.7 Å². The van der Waals surface area contributed by atoms with Gasteiger partial charge in [-0.2, -0.15) is 0 Å². The molecule has 0 amide bonds. The molecular weight excluding hydrogens is 487 g/mol. The molecule has 0 N–H and O–H groups in total. The van der Waals surface area contributed by atoms with Crippen molar-refractivity contribution < 1.29 is 51.0 Å². The summed E-state index contributed by atoms with van der Waals surface area (Å²) in [7, 11) is -2.43. The van der Waals surface area contributed by atoms with Crippen LogP contribution in [0.1, 0.15) is 11.1 Å². The molecule has 27 heavy (non-hydrogen) atoms. The molecule has 0 bridgehead atoms. The van der Waals surface area contributed by atoms with Crippen LogP contribution in [0.2, 0.25) is 39.3 Å². The normalized spacial score (nSPS) is 10.3. The molecule has 0 atom stereocenters. The van der Waals surface area contributed by atoms with Crippen LogP contribution >= 0.6 is 0 Å². The summed E-state index contributed by atoms with van der Waals surface area (Å²) in [5, 5.41) is 0. The van der Waals surface area contributed by atoms with Gasteiger partial charge in [0.1, 0.15) is 0 Å². The van der Waals surface area contributed by atoms with Gasteiger partial charge in [0.2, 0.25) is 0 Å². The van der Waals surface area contributed by atoms with E-state index in [1.165, 1.54) is 11.1 Å². The van der Waals surface area contributed by atoms with Crippen LogP contribution in [0.5, 0.6) is 0 Å². The Hall–Kier alpha value is 0.257. The van der Waals surface area contributed by atoms with E-state index >= 15 is 0 Å². The topological polar surface area (TPSA) is 28.2 Å². The molecule has 0 saturated heterocycles. The first-order valence-electron chi connectivity index (χ1n) is 8.61. The predicted molar refractivity (Wildman–Crippen MR) is 114 cm³/mol. The van der Waals surface area contributed by atoms with Crippen LogP contribution in [0.25, 0.3) is 9.96 Å². The smallest absolute Gasteiger partial charge is 1.00 e. The van der Waals surface area contributed by atoms with E-state index in [4.69, 9.17) is 0 Å². The fraction of sp³-hybridized carbons (Fsp3) is 0.400. The third kappa shape index (κ3) is 19.3. The van der Waals surface area contributed by atoms with E-state index in [1.54, 1.807) is 0 Å². The molecule has 2 rings (SSSR count). The molecule has 0 aliphatic rings. The SMILES string of the molecule is C[Si](C)(C)[N-]Cc1ccccc1.C[Si](C)(C)[N-]Cc1ccccc1.[Cl-].[Cl-].[Zr+4]. The summed E-state index contributed by atoms with van der Waals surface area (Å²) < 4.78 is 0. The maximum absolute atomic E-state index is 4.67. The summed E-state index contributed by atoms with van der Waals surface area (Å²) >= 11 is 0. The summed E-state index contributed by atoms with van der Waals surface area (Å²) in [5.41, 5.74) is 2.64. The molecular formula is C20H32Cl2N2Si2Zr. The Morgan fingerprint density at radius 2 is 0.815 bits per heavy atom. The third-order valence-electron chi connectivity index (χ3n) is 3.16. The fourth-order valence-corrected chi connectivity index (χ4v) is 3.14. The van der Waals surface area contributed by atoms with E-state index in [2.05, 4.69) is 97.8 Å². The monoisotopic (exact) mass is 516 g/mol. The van der Waals surface area contributed by atoms with Gasteiger partial charge in [0.05, 0.1) is 0 Å². The summed E-state index contributed by atoms with van der Waals surface area (Å²) in [6.45, 7) is 15.3. The van der Waals surface area contributed by atoms with Gasteiger partial charge in [-0.15, -0.1) is 13.1 Å². The van der Waals surface area contributed by atoms with Crippen LogP contribution in [-0.4, -0.2) is 16.5 Å². The summed E-state index contributed by atoms with van der Waals surface area (Å²) in [6.07, 6.45) is 0. The molecule has 0 heterocycles. The van der Waals surface area contributed by atoms with E-state index in [1.807, 2.05) is 12.1 Å². The minimum atomic E-state index is -1.22. The number of rotatable bonds is 6. The van der Waals surface area contributed by atoms with Crippen molar-refractivity contribution in [2.24, 2.45) is 0 Å². The summed E-state index contributed by atoms with van der Waals surface area (Å²) in [6, 6.07) is 20.9. The van der Waals surface area contributed by atoms with Crippen LogP contribution in [0.3, 0.4) is 0 Å². The van der Waals surface area contributed by atoms with Gasteiger partial charge in [0, 0.05) is 0 Å². The van der Waals surface area contributed by atoms with Crippen molar-refractivity contribution in [3.63, 3.8) is 0 Å². The van der Waals surface area contributed by atoms with E-state index in [-0.39, 0.29) is 51.0 Å². The molecule has 0 spiro atoms. The summed E-state index contributed by atoms with van der Waals surface area (Å²) in [4.78, 5) is 9.33. The zero-order valence-electron chi connectivity index (χ0n) is 17.3. The van der Waals surface area contributed by atoms with Gasteiger partial charge in [0.15, 0.2) is 0 Å². The first kappa shape index (κ1) is 31.9. The van der Waals surface area contributed by atoms with Crippen LogP contribution < -0.4 is 24.8 Å². The Labute approximate surface area is 200 Å². The van der Waals surface area contributed by atoms with E-state index in [0.29, 0.717) is 0 Å². The van der Waals surface area contributed by atoms with Crippen molar-refractivity contribution in [2.45, 2.75) is 52.4 Å². The van der Waals surface area contributed by atoms with Crippen molar-refractivity contribution in [1.82, 2.24) is 0 Å². The molecule has 148 valence electrons. The first-order valence-corrected chi connectivity index (χ1v) is 15.5. The molecule has 2 aromatic carbocycles. The minimum absolute atomic E-state index is 0. The van der Waals surface area contributed by atoms with Gasteiger partial charge in [-0.25, -0.2) is 0 Å². The van der Waals surface area contributed by atoms with Crippen molar-refractivity contribution in [2.75, 3.05) is 0 Å². The van der Waals surface area contributed by atoms with Gasteiger partial charge in [-0.05, 0) is 0 Å². The Bertz CT molecular complexity index is 521. The van der Waals surface area contributed by atoms with E-state index in [9.17, 15) is 0 Å². The Morgan fingerprint density at radius 1 is 0.556 bits per heavy atom. The number of benzene rings is 2. The Balaban J connectivity index is -0.000000384. The van der Waals surface area contributed by atoms with Gasteiger partial charge >= 0.3 is 26.2 Å². The molecule has 2 aromatic rings. The standard InChI is InChI=1S/2C10H16NSi.2ClH.Zr/c2*1-12(2,3)11-9-10-7-5-4-6-8-10;;;/h2*4-8H,9H2,1-3H3;2*1H;/q2*-1;;;+4/p-2. The van der Waals surface area contributed by atoms with Gasteiger partial charge in [-0.3, -0.25) is 0 Å². The molecule has 0 unspecified atom stereocenters. The average molecular weight is 519 g/mol. The van der Waals surface area contributed by atoms with Crippen molar-refractivity contribution in [3.8, 4) is 0 Å². The van der Waals surface area contributed by atoms with Crippen LogP contribution in [-0.2, 0) is 39.3 Å². The molecule has 0 fully saturated rings. The van der Waals surface area contributed by atoms with E-state index in [0.717, 1.165) is 13.1 Å². The zero-order valence-corrected chi connectivity index (χ0v) is 23.3.